The highest BCUT2D eigenvalue weighted by atomic mass is 32.1. The Hall–Kier alpha value is -3.19. The van der Waals surface area contributed by atoms with Crippen LogP contribution < -0.4 is 10.6 Å². The van der Waals surface area contributed by atoms with Gasteiger partial charge in [-0.3, -0.25) is 9.78 Å². The molecule has 0 spiro atoms. The van der Waals surface area contributed by atoms with Crippen molar-refractivity contribution in [3.8, 4) is 0 Å². The smallest absolute Gasteiger partial charge is 0.226 e. The van der Waals surface area contributed by atoms with Gasteiger partial charge in [0.25, 0.3) is 0 Å². The van der Waals surface area contributed by atoms with Crippen molar-refractivity contribution in [2.24, 2.45) is 7.05 Å². The van der Waals surface area contributed by atoms with Gasteiger partial charge in [-0.2, -0.15) is 0 Å². The Morgan fingerprint density at radius 3 is 2.62 bits per heavy atom. The monoisotopic (exact) mass is 447 g/mol. The number of aromatic nitrogens is 2. The molecule has 0 unspecified atom stereocenters. The maximum Gasteiger partial charge on any atom is 0.226 e. The molecule has 1 aliphatic heterocycles. The number of aryl methyl sites for hydroxylation is 2. The molecule has 2 N–H and O–H groups in total. The van der Waals surface area contributed by atoms with Gasteiger partial charge in [-0.25, -0.2) is 0 Å². The van der Waals surface area contributed by atoms with Gasteiger partial charge in [0.15, 0.2) is 5.11 Å². The van der Waals surface area contributed by atoms with E-state index >= 15 is 0 Å². The van der Waals surface area contributed by atoms with Gasteiger partial charge in [-0.15, -0.1) is 0 Å². The van der Waals surface area contributed by atoms with Gasteiger partial charge >= 0.3 is 0 Å². The lowest BCUT2D eigenvalue weighted by Crippen LogP contribution is -2.32. The topological polar surface area (TPSA) is 62.2 Å². The quantitative estimate of drug-likeness (QED) is 0.550. The van der Waals surface area contributed by atoms with Crippen LogP contribution in [0, 0.1) is 20.8 Å². The molecule has 7 heteroatoms. The van der Waals surface area contributed by atoms with Crippen molar-refractivity contribution in [3.05, 3.63) is 82.9 Å². The van der Waals surface area contributed by atoms with Gasteiger partial charge in [0, 0.05) is 43.3 Å². The SMILES string of the molecule is Cc1cccc(NC(=O)CCN2C(=S)N[C@@H](c3ccccn3)[C@H]2c2cc(C)n(C)c2C)c1. The van der Waals surface area contributed by atoms with E-state index in [0.717, 1.165) is 16.9 Å². The molecular formula is C25H29N5OS. The highest BCUT2D eigenvalue weighted by Gasteiger charge is 2.41. The summed E-state index contributed by atoms with van der Waals surface area (Å²) in [7, 11) is 2.07. The van der Waals surface area contributed by atoms with Crippen molar-refractivity contribution in [1.29, 1.82) is 0 Å². The first-order valence-corrected chi connectivity index (χ1v) is 11.2. The van der Waals surface area contributed by atoms with E-state index in [9.17, 15) is 4.79 Å². The molecule has 1 aliphatic rings. The number of amides is 1. The Balaban J connectivity index is 1.58. The summed E-state index contributed by atoms with van der Waals surface area (Å²) >= 11 is 5.72. The molecule has 0 bridgehead atoms. The number of anilines is 1. The molecular weight excluding hydrogens is 418 g/mol. The number of nitrogens with zero attached hydrogens (tertiary/aromatic N) is 3. The van der Waals surface area contributed by atoms with Crippen LogP contribution in [0.1, 0.15) is 46.7 Å². The summed E-state index contributed by atoms with van der Waals surface area (Å²) in [6, 6.07) is 15.8. The lowest BCUT2D eigenvalue weighted by molar-refractivity contribution is -0.116. The van der Waals surface area contributed by atoms with Crippen molar-refractivity contribution in [3.63, 3.8) is 0 Å². The van der Waals surface area contributed by atoms with Gasteiger partial charge in [0.2, 0.25) is 5.91 Å². The van der Waals surface area contributed by atoms with Crippen LogP contribution in [-0.2, 0) is 11.8 Å². The third-order valence-electron chi connectivity index (χ3n) is 6.21. The van der Waals surface area contributed by atoms with E-state index < -0.39 is 0 Å². The highest BCUT2D eigenvalue weighted by Crippen LogP contribution is 2.40. The molecule has 4 rings (SSSR count). The average molecular weight is 448 g/mol. The predicted molar refractivity (Wildman–Crippen MR) is 131 cm³/mol. The lowest BCUT2D eigenvalue weighted by atomic mass is 9.96. The molecule has 6 nitrogen and oxygen atoms in total. The molecule has 3 aromatic rings. The lowest BCUT2D eigenvalue weighted by Gasteiger charge is -2.28. The number of thiocarbonyl (C=S) groups is 1. The molecule has 1 amide bonds. The van der Waals surface area contributed by atoms with Crippen LogP contribution in [0.5, 0.6) is 0 Å². The summed E-state index contributed by atoms with van der Waals surface area (Å²) in [5.41, 5.74) is 6.44. The summed E-state index contributed by atoms with van der Waals surface area (Å²) in [4.78, 5) is 19.4. The fourth-order valence-corrected chi connectivity index (χ4v) is 4.67. The van der Waals surface area contributed by atoms with Gasteiger partial charge in [0.05, 0.1) is 17.8 Å². The number of hydrogen-bond acceptors (Lipinski definition) is 3. The minimum Gasteiger partial charge on any atom is -0.352 e. The van der Waals surface area contributed by atoms with Crippen LogP contribution in [0.15, 0.2) is 54.7 Å². The molecule has 1 aromatic carbocycles. The Bertz CT molecular complexity index is 1140. The van der Waals surface area contributed by atoms with Gasteiger partial charge in [-0.05, 0) is 74.4 Å². The van der Waals surface area contributed by atoms with E-state index in [1.165, 1.54) is 17.0 Å². The first-order chi connectivity index (χ1) is 15.3. The number of pyridine rings is 1. The summed E-state index contributed by atoms with van der Waals surface area (Å²) in [5.74, 6) is -0.0283. The number of nitrogens with one attached hydrogen (secondary N) is 2. The van der Waals surface area contributed by atoms with Crippen LogP contribution in [0.4, 0.5) is 5.69 Å². The zero-order chi connectivity index (χ0) is 22.8. The van der Waals surface area contributed by atoms with E-state index in [4.69, 9.17) is 12.2 Å². The molecule has 1 saturated heterocycles. The Labute approximate surface area is 194 Å². The molecule has 3 heterocycles. The Morgan fingerprint density at radius 1 is 1.16 bits per heavy atom. The first kappa shape index (κ1) is 22.0. The van der Waals surface area contributed by atoms with Gasteiger partial charge in [-0.1, -0.05) is 18.2 Å². The van der Waals surface area contributed by atoms with E-state index in [1.807, 2.05) is 49.4 Å². The van der Waals surface area contributed by atoms with E-state index in [0.29, 0.717) is 18.1 Å². The molecule has 0 aliphatic carbocycles. The largest absolute Gasteiger partial charge is 0.352 e. The molecule has 32 heavy (non-hydrogen) atoms. The molecule has 2 aromatic heterocycles. The van der Waals surface area contributed by atoms with Crippen molar-refractivity contribution in [2.45, 2.75) is 39.3 Å². The van der Waals surface area contributed by atoms with Crippen molar-refractivity contribution in [1.82, 2.24) is 19.8 Å². The number of rotatable bonds is 6. The van der Waals surface area contributed by atoms with E-state index in [2.05, 4.69) is 52.0 Å². The number of benzene rings is 1. The number of hydrogen-bond donors (Lipinski definition) is 2. The molecule has 1 fully saturated rings. The zero-order valence-electron chi connectivity index (χ0n) is 18.9. The number of carbonyl (C=O) groups is 1. The third kappa shape index (κ3) is 4.39. The van der Waals surface area contributed by atoms with Gasteiger partial charge < -0.3 is 20.1 Å². The second-order valence-corrected chi connectivity index (χ2v) is 8.76. The third-order valence-corrected chi connectivity index (χ3v) is 6.56. The average Bonchev–Trinajstić information content (AvgIpc) is 3.23. The second kappa shape index (κ2) is 9.12. The second-order valence-electron chi connectivity index (χ2n) is 8.37. The summed E-state index contributed by atoms with van der Waals surface area (Å²) < 4.78 is 2.19. The molecule has 166 valence electrons. The van der Waals surface area contributed by atoms with E-state index in [-0.39, 0.29) is 18.0 Å². The summed E-state index contributed by atoms with van der Waals surface area (Å²) in [6.45, 7) is 6.76. The first-order valence-electron chi connectivity index (χ1n) is 10.8. The van der Waals surface area contributed by atoms with Crippen molar-refractivity contribution >= 4 is 28.9 Å². The van der Waals surface area contributed by atoms with Crippen molar-refractivity contribution in [2.75, 3.05) is 11.9 Å². The predicted octanol–water partition coefficient (Wildman–Crippen LogP) is 4.35. The maximum absolute atomic E-state index is 12.7. The standard InChI is InChI=1S/C25H29N5OS/c1-16-8-7-9-19(14-16)27-22(31)11-13-30-24(20-15-17(2)29(4)18(20)3)23(28-25(30)32)21-10-5-6-12-26-21/h5-10,12,14-15,23-24H,11,13H2,1-4H3,(H,27,31)(H,28,32)/t23-,24+/m0/s1. The molecule has 2 atom stereocenters. The Kier molecular flexibility index (Phi) is 6.28. The van der Waals surface area contributed by atoms with Crippen LogP contribution in [0.2, 0.25) is 0 Å². The minimum absolute atomic E-state index is 0.0283. The fraction of sp³-hybridized carbons (Fsp3) is 0.320. The normalized spacial score (nSPS) is 18.0. The summed E-state index contributed by atoms with van der Waals surface area (Å²) in [6.07, 6.45) is 2.14. The van der Waals surface area contributed by atoms with Gasteiger partial charge in [0.1, 0.15) is 0 Å². The Morgan fingerprint density at radius 2 is 1.97 bits per heavy atom. The van der Waals surface area contributed by atoms with Crippen LogP contribution in [0.25, 0.3) is 0 Å². The number of carbonyl (C=O) groups excluding carboxylic acids is 1. The fourth-order valence-electron chi connectivity index (χ4n) is 4.34. The molecule has 0 radical (unpaired) electrons. The zero-order valence-corrected chi connectivity index (χ0v) is 19.7. The highest BCUT2D eigenvalue weighted by molar-refractivity contribution is 7.80. The van der Waals surface area contributed by atoms with E-state index in [1.54, 1.807) is 6.20 Å². The van der Waals surface area contributed by atoms with Crippen LogP contribution in [0.3, 0.4) is 0 Å². The van der Waals surface area contributed by atoms with Crippen LogP contribution in [-0.4, -0.2) is 32.0 Å². The molecule has 0 saturated carbocycles. The summed E-state index contributed by atoms with van der Waals surface area (Å²) in [5, 5.41) is 7.11. The minimum atomic E-state index is -0.0796. The van der Waals surface area contributed by atoms with Crippen molar-refractivity contribution < 1.29 is 4.79 Å². The maximum atomic E-state index is 12.7. The van der Waals surface area contributed by atoms with Crippen LogP contribution >= 0.6 is 12.2 Å².